The molecule has 20 rings (SSSR count). The Bertz CT molecular complexity index is 6720. The van der Waals surface area contributed by atoms with Crippen molar-refractivity contribution in [1.82, 2.24) is 70.3 Å². The normalized spacial score (nSPS) is 14.2. The number of pyridine rings is 5. The average Bonchev–Trinajstić information content (AvgIpc) is 1.66. The fourth-order valence-corrected chi connectivity index (χ4v) is 21.1. The Kier molecular flexibility index (Phi) is 40.0. The smallest absolute Gasteiger partial charge is 0.236 e. The number of aliphatic hydroxyl groups is 1. The van der Waals surface area contributed by atoms with E-state index in [0.29, 0.717) is 111 Å². The van der Waals surface area contributed by atoms with E-state index < -0.39 is 0 Å². The first kappa shape index (κ1) is 106. The molecule has 762 valence electrons. The van der Waals surface area contributed by atoms with E-state index in [0.717, 1.165) is 200 Å². The SMILES string of the molecule is CNCCCN(C(=O)CCc1ccccc1)c1nc(-c2ccncc2)cs1.CNCCCN(C(=O)Cc1cc2c(cc1Cl)OCO2)c1nc(-c2ccncc2)cs1.O=C(Cc1cccc(OCCN2CCC(CO)CC2)c1)Nc1nc(-c2ccncc2)cs1.O=C(Cc1cccc(OCCN2CCOCC2)c1)Nc1nc(-c2ccncc2)cs1.O=C1C(c2cc3c(cc2Cl)OCO3)CCCN1c1nc(-c2ccncc2)cs1. The Labute approximate surface area is 882 Å². The molecule has 5 amide bonds. The average molecular weight is 2120 g/mol. The Morgan fingerprint density at radius 1 is 0.463 bits per heavy atom. The molecule has 15 aromatic rings. The second kappa shape index (κ2) is 55.3. The lowest BCUT2D eigenvalue weighted by Gasteiger charge is -2.31. The molecule has 5 N–H and O–H groups in total. The third kappa shape index (κ3) is 31.3. The number of morpholine rings is 1. The van der Waals surface area contributed by atoms with E-state index in [1.54, 1.807) is 90.0 Å². The number of likely N-dealkylation sites (tertiary alicyclic amines) is 1. The predicted molar refractivity (Wildman–Crippen MR) is 579 cm³/mol. The van der Waals surface area contributed by atoms with Crippen LogP contribution < -0.4 is 64.4 Å². The molecule has 10 aromatic heterocycles. The number of nitrogens with zero attached hydrogens (tertiary/aromatic N) is 15. The van der Waals surface area contributed by atoms with Crippen LogP contribution in [0.15, 0.2) is 253 Å². The molecule has 1 unspecified atom stereocenters. The summed E-state index contributed by atoms with van der Waals surface area (Å²) in [7, 11) is 3.82. The van der Waals surface area contributed by atoms with Gasteiger partial charge in [0.1, 0.15) is 24.7 Å². The Morgan fingerprint density at radius 2 is 0.898 bits per heavy atom. The van der Waals surface area contributed by atoms with Crippen LogP contribution in [0, 0.1) is 5.92 Å². The topological polar surface area (TPSA) is 363 Å². The first-order chi connectivity index (χ1) is 72.1. The van der Waals surface area contributed by atoms with Crippen molar-refractivity contribution in [2.75, 3.05) is 158 Å². The second-order valence-corrected chi connectivity index (χ2v) is 39.6. The first-order valence-corrected chi connectivity index (χ1v) is 53.6. The van der Waals surface area contributed by atoms with E-state index >= 15 is 0 Å². The zero-order valence-electron chi connectivity index (χ0n) is 81.3. The highest BCUT2D eigenvalue weighted by Gasteiger charge is 2.36. The highest BCUT2D eigenvalue weighted by molar-refractivity contribution is 7.15. The van der Waals surface area contributed by atoms with Gasteiger partial charge in [-0.2, -0.15) is 0 Å². The number of aliphatic hydroxyl groups excluding tert-OH is 1. The fraction of sp³-hybridized carbons (Fsp3) is 0.306. The molecule has 15 heterocycles. The van der Waals surface area contributed by atoms with Crippen LogP contribution >= 0.6 is 79.9 Å². The maximum Gasteiger partial charge on any atom is 0.236 e. The highest BCUT2D eigenvalue weighted by Crippen LogP contribution is 2.45. The van der Waals surface area contributed by atoms with Gasteiger partial charge in [-0.3, -0.25) is 73.4 Å². The summed E-state index contributed by atoms with van der Waals surface area (Å²) in [5, 5.41) is 35.4. The van der Waals surface area contributed by atoms with Crippen molar-refractivity contribution in [2.24, 2.45) is 5.92 Å². The second-order valence-electron chi connectivity index (χ2n) is 34.5. The summed E-state index contributed by atoms with van der Waals surface area (Å²) in [6, 6.07) is 51.6. The molecule has 0 aliphatic carbocycles. The van der Waals surface area contributed by atoms with E-state index in [1.807, 2.05) is 179 Å². The third-order valence-corrected chi connectivity index (χ3v) is 29.2. The van der Waals surface area contributed by atoms with Crippen LogP contribution in [0.1, 0.15) is 78.7 Å². The summed E-state index contributed by atoms with van der Waals surface area (Å²) >= 11 is 20.1. The number of rotatable bonds is 37. The van der Waals surface area contributed by atoms with Gasteiger partial charge in [0.05, 0.1) is 66.9 Å². The van der Waals surface area contributed by atoms with Gasteiger partial charge < -0.3 is 59.5 Å². The van der Waals surface area contributed by atoms with Gasteiger partial charge in [-0.05, 0) is 216 Å². The summed E-state index contributed by atoms with van der Waals surface area (Å²) < 4.78 is 38.7. The number of carbonyl (C=O) groups is 5. The number of fused-ring (bicyclic) bond motifs is 2. The zero-order chi connectivity index (χ0) is 102. The molecule has 39 heteroatoms. The van der Waals surface area contributed by atoms with Gasteiger partial charge in [0.15, 0.2) is 48.7 Å². The number of hydrogen-bond donors (Lipinski definition) is 5. The van der Waals surface area contributed by atoms with Gasteiger partial charge >= 0.3 is 0 Å². The van der Waals surface area contributed by atoms with E-state index in [4.69, 9.17) is 66.3 Å². The van der Waals surface area contributed by atoms with Crippen molar-refractivity contribution in [1.29, 1.82) is 0 Å². The molecule has 0 bridgehead atoms. The zero-order valence-corrected chi connectivity index (χ0v) is 86.9. The Morgan fingerprint density at radius 3 is 1.39 bits per heavy atom. The molecular weight excluding hydrogens is 2000 g/mol. The highest BCUT2D eigenvalue weighted by atomic mass is 35.5. The first-order valence-electron chi connectivity index (χ1n) is 48.5. The maximum absolute atomic E-state index is 13.3. The standard InChI is InChI=1S/C24H28N4O3S.C22H24N4O3S.C21H21ClN4O3S.C21H24N4OS.C20H16ClN3O3S/c29-16-18-6-10-28(11-7-18)12-13-31-21-3-1-2-19(14-21)15-23(30)27-24-26-22(17-32-24)20-4-8-25-9-5-20;27-21(25-22-24-20(16-30-22)18-4-6-23-7-5-18)15-17-2-1-3-19(14-17)29-13-10-26-8-11-28-12-9-26;1-23-5-2-8-26(21-25-17(12-30-21)14-3-6-24-7-4-14)20(27)10-15-9-18-19(11-16(15)22)29-13-28-18;1-22-12-5-15-25(20(26)9-8-17-6-3-2-4-7-17)21-24-19(16-27-21)18-10-13-23-14-11-18;21-15-9-18-17(26-11-27-18)8-14(15)13-2-1-7-24(19(13)25)20-23-16(10-28-20)12-3-5-22-6-4-12/h1-5,8-9,14,17-18,29H,6-7,10-13,15-16H2,(H,26,27,30);1-7,14,16H,8-13,15H2,(H,24,25,27);3-4,6-7,9,11-12,23H,2,5,8,10,13H2,1H3;2-4,6-7,10-11,13-14,16,22H,5,8-9,12,15H2,1H3;3-6,8-10,13H,1-2,7,11H2. The molecule has 5 aliphatic rings. The van der Waals surface area contributed by atoms with Crippen LogP contribution in [0.4, 0.5) is 25.7 Å². The minimum atomic E-state index is -0.316. The quantitative estimate of drug-likeness (QED) is 0.0226. The molecule has 0 radical (unpaired) electrons. The Hall–Kier alpha value is -13.5. The molecule has 0 saturated carbocycles. The number of halogens is 2. The van der Waals surface area contributed by atoms with Gasteiger partial charge in [0.2, 0.25) is 43.1 Å². The molecule has 3 fully saturated rings. The number of anilines is 5. The van der Waals surface area contributed by atoms with Crippen molar-refractivity contribution in [3.8, 4) is 90.8 Å². The number of benzene rings is 5. The summed E-state index contributed by atoms with van der Waals surface area (Å²) in [4.78, 5) is 118. The molecule has 5 aliphatic heterocycles. The lowest BCUT2D eigenvalue weighted by atomic mass is 9.89. The van der Waals surface area contributed by atoms with Crippen LogP contribution in [-0.4, -0.2) is 227 Å². The molecule has 32 nitrogen and oxygen atoms in total. The van der Waals surface area contributed by atoms with Gasteiger partial charge in [-0.25, -0.2) is 24.9 Å². The van der Waals surface area contributed by atoms with E-state index in [9.17, 15) is 29.1 Å². The number of carbonyl (C=O) groups excluding carboxylic acids is 5. The van der Waals surface area contributed by atoms with Gasteiger partial charge in [-0.1, -0.05) is 77.8 Å². The number of nitrogens with one attached hydrogen (secondary N) is 4. The minimum absolute atomic E-state index is 0.0163. The predicted octanol–water partition coefficient (Wildman–Crippen LogP) is 18.6. The fourth-order valence-electron chi connectivity index (χ4n) is 16.5. The van der Waals surface area contributed by atoms with E-state index in [1.165, 1.54) is 62.2 Å². The van der Waals surface area contributed by atoms with Crippen molar-refractivity contribution < 1.29 is 62.2 Å². The van der Waals surface area contributed by atoms with Crippen molar-refractivity contribution in [3.63, 3.8) is 0 Å². The lowest BCUT2D eigenvalue weighted by Crippen LogP contribution is -2.40. The molecule has 5 aromatic carbocycles. The minimum Gasteiger partial charge on any atom is -0.492 e. The summed E-state index contributed by atoms with van der Waals surface area (Å²) in [5.41, 5.74) is 13.6. The monoisotopic (exact) mass is 2110 g/mol. The Balaban J connectivity index is 0.000000131. The van der Waals surface area contributed by atoms with Crippen LogP contribution in [0.25, 0.3) is 56.3 Å². The number of piperidine rings is 2. The van der Waals surface area contributed by atoms with E-state index in [2.05, 4.69) is 83.1 Å². The third-order valence-electron chi connectivity index (χ3n) is 24.4. The van der Waals surface area contributed by atoms with Crippen molar-refractivity contribution in [2.45, 2.75) is 76.5 Å². The van der Waals surface area contributed by atoms with Gasteiger partial charge in [0.25, 0.3) is 0 Å². The van der Waals surface area contributed by atoms with Crippen LogP contribution in [-0.2, 0) is 54.4 Å². The van der Waals surface area contributed by atoms with Gasteiger partial charge in [0, 0.05) is 198 Å². The molecule has 3 saturated heterocycles. The van der Waals surface area contributed by atoms with Crippen molar-refractivity contribution in [3.05, 3.63) is 291 Å². The number of hydrogen-bond acceptors (Lipinski definition) is 32. The number of aromatic nitrogens is 10. The lowest BCUT2D eigenvalue weighted by molar-refractivity contribution is -0.121. The largest absolute Gasteiger partial charge is 0.492 e. The number of aryl methyl sites for hydroxylation is 1. The van der Waals surface area contributed by atoms with Crippen LogP contribution in [0.5, 0.6) is 34.5 Å². The van der Waals surface area contributed by atoms with Crippen LogP contribution in [0.3, 0.4) is 0 Å². The van der Waals surface area contributed by atoms with E-state index in [-0.39, 0.29) is 68.3 Å². The number of ether oxygens (including phenoxy) is 7. The summed E-state index contributed by atoms with van der Waals surface area (Å²) in [5.74, 6) is 4.01. The summed E-state index contributed by atoms with van der Waals surface area (Å²) in [6.07, 6.45) is 24.6. The molecular formula is C108H113Cl2N19O13S5. The molecule has 1 atom stereocenters. The molecule has 0 spiro atoms. The number of thiazole rings is 5. The van der Waals surface area contributed by atoms with Gasteiger partial charge in [-0.15, -0.1) is 56.7 Å². The van der Waals surface area contributed by atoms with Crippen molar-refractivity contribution >= 4 is 135 Å². The van der Waals surface area contributed by atoms with Crippen LogP contribution in [0.2, 0.25) is 10.0 Å². The summed E-state index contributed by atoms with van der Waals surface area (Å²) in [6.45, 7) is 12.6. The number of amides is 5. The maximum atomic E-state index is 13.3. The molecule has 147 heavy (non-hydrogen) atoms.